The minimum atomic E-state index is -1.57. The summed E-state index contributed by atoms with van der Waals surface area (Å²) in [6, 6.07) is 3.01. The molecule has 200 valence electrons. The number of aromatic amines is 1. The Balaban J connectivity index is 1.68. The van der Waals surface area contributed by atoms with Gasteiger partial charge in [0.15, 0.2) is 5.78 Å². The van der Waals surface area contributed by atoms with Gasteiger partial charge in [-0.25, -0.2) is 9.78 Å². The van der Waals surface area contributed by atoms with Crippen molar-refractivity contribution < 1.29 is 34.4 Å². The number of cyclic esters (lactones) is 1. The van der Waals surface area contributed by atoms with Crippen LogP contribution in [0.1, 0.15) is 67.7 Å². The molecule has 1 aromatic carbocycles. The quantitative estimate of drug-likeness (QED) is 0.310. The molecule has 1 aliphatic heterocycles. The Morgan fingerprint density at radius 1 is 1.11 bits per heavy atom. The summed E-state index contributed by atoms with van der Waals surface area (Å²) in [4.78, 5) is 32.4. The lowest BCUT2D eigenvalue weighted by molar-refractivity contribution is -0.127. The van der Waals surface area contributed by atoms with E-state index in [4.69, 9.17) is 9.47 Å². The molecule has 4 atom stereocenters. The fourth-order valence-corrected chi connectivity index (χ4v) is 3.92. The second-order valence-corrected chi connectivity index (χ2v) is 9.34. The molecule has 0 amide bonds. The van der Waals surface area contributed by atoms with Crippen LogP contribution in [0.4, 0.5) is 0 Å². The molecule has 4 N–H and O–H groups in total. The summed E-state index contributed by atoms with van der Waals surface area (Å²) in [6.07, 6.45) is 10.6. The molecule has 37 heavy (non-hydrogen) atoms. The second kappa shape index (κ2) is 13.8. The van der Waals surface area contributed by atoms with Crippen molar-refractivity contribution in [3.8, 4) is 11.5 Å². The van der Waals surface area contributed by atoms with Crippen LogP contribution in [0.15, 0.2) is 42.8 Å². The highest BCUT2D eigenvalue weighted by molar-refractivity contribution is 5.97. The summed E-state index contributed by atoms with van der Waals surface area (Å²) in [5, 5.41) is 31.0. The van der Waals surface area contributed by atoms with Gasteiger partial charge in [-0.15, -0.1) is 0 Å². The number of nitrogens with one attached hydrogen (secondary N) is 1. The lowest BCUT2D eigenvalue weighted by Crippen LogP contribution is -2.32. The Morgan fingerprint density at radius 3 is 2.65 bits per heavy atom. The molecule has 2 heterocycles. The number of fused-ring (bicyclic) bond motifs is 1. The number of imidazole rings is 1. The van der Waals surface area contributed by atoms with Crippen LogP contribution in [-0.4, -0.2) is 62.0 Å². The van der Waals surface area contributed by atoms with Crippen LogP contribution in [0.2, 0.25) is 0 Å². The fourth-order valence-electron chi connectivity index (χ4n) is 3.92. The van der Waals surface area contributed by atoms with Crippen molar-refractivity contribution in [1.29, 1.82) is 0 Å². The number of carbonyl (C=O) groups excluding carboxylic acids is 2. The zero-order valence-corrected chi connectivity index (χ0v) is 21.3. The van der Waals surface area contributed by atoms with Gasteiger partial charge >= 0.3 is 5.97 Å². The van der Waals surface area contributed by atoms with Crippen molar-refractivity contribution >= 4 is 17.8 Å². The van der Waals surface area contributed by atoms with Gasteiger partial charge in [-0.3, -0.25) is 4.79 Å². The molecule has 9 heteroatoms. The molecule has 0 saturated carbocycles. The van der Waals surface area contributed by atoms with E-state index in [1.54, 1.807) is 26.1 Å². The van der Waals surface area contributed by atoms with Crippen LogP contribution in [0.25, 0.3) is 6.08 Å². The van der Waals surface area contributed by atoms with Crippen molar-refractivity contribution in [2.45, 2.75) is 70.7 Å². The third-order valence-electron chi connectivity index (χ3n) is 6.39. The first kappa shape index (κ1) is 28.1. The molecule has 1 aliphatic rings. The average Bonchev–Trinajstić information content (AvgIpc) is 3.38. The Labute approximate surface area is 216 Å². The highest BCUT2D eigenvalue weighted by Gasteiger charge is 2.25. The number of phenolic OH excluding ortho intramolecular Hbond substituents is 1. The molecule has 9 nitrogen and oxygen atoms in total. The van der Waals surface area contributed by atoms with Gasteiger partial charge in [-0.2, -0.15) is 0 Å². The number of aryl methyl sites for hydroxylation is 1. The van der Waals surface area contributed by atoms with E-state index in [0.29, 0.717) is 17.9 Å². The van der Waals surface area contributed by atoms with E-state index < -0.39 is 30.1 Å². The predicted molar refractivity (Wildman–Crippen MR) is 138 cm³/mol. The number of phenols is 1. The van der Waals surface area contributed by atoms with E-state index in [9.17, 15) is 24.9 Å². The second-order valence-electron chi connectivity index (χ2n) is 9.34. The molecule has 1 aromatic heterocycles. The third kappa shape index (κ3) is 8.30. The fraction of sp³-hybridized carbons (Fsp3) is 0.464. The topological polar surface area (TPSA) is 142 Å². The van der Waals surface area contributed by atoms with Crippen LogP contribution in [0.3, 0.4) is 0 Å². The number of rotatable bonds is 8. The lowest BCUT2D eigenvalue weighted by Gasteiger charge is -2.20. The minimum absolute atomic E-state index is 0.0206. The van der Waals surface area contributed by atoms with E-state index >= 15 is 0 Å². The summed E-state index contributed by atoms with van der Waals surface area (Å²) in [7, 11) is 0. The van der Waals surface area contributed by atoms with Gasteiger partial charge in [0, 0.05) is 30.8 Å². The molecule has 0 radical (unpaired) electrons. The van der Waals surface area contributed by atoms with Crippen LogP contribution in [0, 0.1) is 5.92 Å². The van der Waals surface area contributed by atoms with Gasteiger partial charge in [0.2, 0.25) is 0 Å². The van der Waals surface area contributed by atoms with Crippen molar-refractivity contribution in [3.05, 3.63) is 59.7 Å². The molecule has 0 bridgehead atoms. The molecule has 0 unspecified atom stereocenters. The van der Waals surface area contributed by atoms with Crippen LogP contribution in [0.5, 0.6) is 11.5 Å². The zero-order chi connectivity index (χ0) is 26.8. The third-order valence-corrected chi connectivity index (χ3v) is 6.39. The highest BCUT2D eigenvalue weighted by atomic mass is 16.5. The number of ether oxygens (including phenoxy) is 2. The number of ketones is 1. The molecule has 3 rings (SSSR count). The van der Waals surface area contributed by atoms with E-state index in [1.165, 1.54) is 30.4 Å². The van der Waals surface area contributed by atoms with E-state index in [-0.39, 0.29) is 23.7 Å². The summed E-state index contributed by atoms with van der Waals surface area (Å²) >= 11 is 0. The molecule has 0 spiro atoms. The van der Waals surface area contributed by atoms with Gasteiger partial charge in [0.05, 0.1) is 12.7 Å². The van der Waals surface area contributed by atoms with Crippen molar-refractivity contribution in [2.75, 3.05) is 6.61 Å². The van der Waals surface area contributed by atoms with Crippen molar-refractivity contribution in [2.24, 2.45) is 5.92 Å². The largest absolute Gasteiger partial charge is 0.507 e. The number of hydrogen-bond acceptors (Lipinski definition) is 8. The SMILES string of the molecule is C[C@@H]1/C=C\C(=O)[C@@H](O)[C@@H](O)C/C=C/c2cc(OCCCCCCc3ncc[nH]3)cc(O)c2C(=O)O[C@H]1C. The molecule has 0 aliphatic carbocycles. The van der Waals surface area contributed by atoms with Crippen molar-refractivity contribution in [1.82, 2.24) is 9.97 Å². The number of nitrogens with zero attached hydrogens (tertiary/aromatic N) is 1. The average molecular weight is 513 g/mol. The Kier molecular flexibility index (Phi) is 10.5. The maximum atomic E-state index is 12.9. The number of aliphatic hydroxyl groups is 2. The maximum Gasteiger partial charge on any atom is 0.342 e. The van der Waals surface area contributed by atoms with Gasteiger partial charge < -0.3 is 29.8 Å². The van der Waals surface area contributed by atoms with Crippen LogP contribution in [-0.2, 0) is 16.0 Å². The van der Waals surface area contributed by atoms with E-state index in [1.807, 2.05) is 6.20 Å². The first-order valence-electron chi connectivity index (χ1n) is 12.7. The Morgan fingerprint density at radius 2 is 1.89 bits per heavy atom. The molecule has 0 fully saturated rings. The number of carbonyl (C=O) groups is 2. The van der Waals surface area contributed by atoms with Crippen molar-refractivity contribution in [3.63, 3.8) is 0 Å². The van der Waals surface area contributed by atoms with Gasteiger partial charge in [-0.1, -0.05) is 38.0 Å². The number of esters is 1. The summed E-state index contributed by atoms with van der Waals surface area (Å²) in [6.45, 7) is 3.87. The number of benzene rings is 1. The zero-order valence-electron chi connectivity index (χ0n) is 21.3. The van der Waals surface area contributed by atoms with Gasteiger partial charge in [0.25, 0.3) is 0 Å². The molecule has 2 aromatic rings. The summed E-state index contributed by atoms with van der Waals surface area (Å²) in [5.41, 5.74) is 0.326. The molecular weight excluding hydrogens is 476 g/mol. The number of aromatic nitrogens is 2. The Bertz CT molecular complexity index is 1090. The van der Waals surface area contributed by atoms with E-state index in [0.717, 1.165) is 37.9 Å². The normalized spacial score (nSPS) is 24.5. The standard InChI is InChI=1S/C28H36N2O7/c1-18-11-12-23(32)27(34)22(31)9-7-8-20-16-21(17-24(33)26(20)28(35)37-19(18)2)36-15-6-4-3-5-10-25-29-13-14-30-25/h7-8,11-14,16-19,22,27,31,33-34H,3-6,9-10,15H2,1-2H3,(H,29,30)/b8-7+,12-11-/t18-,19+,22+,27+/m1/s1. The number of hydrogen-bond donors (Lipinski definition) is 4. The maximum absolute atomic E-state index is 12.9. The first-order valence-corrected chi connectivity index (χ1v) is 12.7. The van der Waals surface area contributed by atoms with E-state index in [2.05, 4.69) is 9.97 Å². The number of unbranched alkanes of at least 4 members (excludes halogenated alkanes) is 3. The predicted octanol–water partition coefficient (Wildman–Crippen LogP) is 3.74. The molecular formula is C28H36N2O7. The van der Waals surface area contributed by atoms with Crippen LogP contribution < -0.4 is 4.74 Å². The summed E-state index contributed by atoms with van der Waals surface area (Å²) < 4.78 is 11.4. The first-order chi connectivity index (χ1) is 17.8. The smallest absolute Gasteiger partial charge is 0.342 e. The monoisotopic (exact) mass is 512 g/mol. The summed E-state index contributed by atoms with van der Waals surface area (Å²) in [5.74, 6) is -0.584. The number of aromatic hydroxyl groups is 1. The van der Waals surface area contributed by atoms with Crippen LogP contribution >= 0.6 is 0 Å². The minimum Gasteiger partial charge on any atom is -0.507 e. The number of H-pyrrole nitrogens is 1. The lowest BCUT2D eigenvalue weighted by atomic mass is 9.99. The molecule has 0 saturated heterocycles. The number of aliphatic hydroxyl groups excluding tert-OH is 2. The van der Waals surface area contributed by atoms with Gasteiger partial charge in [0.1, 0.15) is 35.1 Å². The Hall–Kier alpha value is -3.43. The van der Waals surface area contributed by atoms with Gasteiger partial charge in [-0.05, 0) is 43.9 Å². The highest BCUT2D eigenvalue weighted by Crippen LogP contribution is 2.31.